The lowest BCUT2D eigenvalue weighted by Gasteiger charge is -2.07. The van der Waals surface area contributed by atoms with Crippen molar-refractivity contribution in [3.63, 3.8) is 0 Å². The molecule has 7 nitrogen and oxygen atoms in total. The van der Waals surface area contributed by atoms with Gasteiger partial charge in [-0.2, -0.15) is 5.10 Å². The van der Waals surface area contributed by atoms with E-state index >= 15 is 0 Å². The average molecular weight is 365 g/mol. The summed E-state index contributed by atoms with van der Waals surface area (Å²) in [4.78, 5) is 12.6. The van der Waals surface area contributed by atoms with Crippen LogP contribution in [0.25, 0.3) is 11.3 Å². The van der Waals surface area contributed by atoms with Gasteiger partial charge in [0.15, 0.2) is 11.5 Å². The Hall–Kier alpha value is -3.61. The van der Waals surface area contributed by atoms with Gasteiger partial charge in [0.2, 0.25) is 0 Å². The van der Waals surface area contributed by atoms with Crippen LogP contribution in [0.15, 0.2) is 58.2 Å². The van der Waals surface area contributed by atoms with Crippen LogP contribution < -0.4 is 10.2 Å². The number of hydrogen-bond donors (Lipinski definition) is 2. The van der Waals surface area contributed by atoms with Gasteiger partial charge in [-0.25, -0.2) is 5.43 Å². The van der Waals surface area contributed by atoms with Crippen LogP contribution in [0.5, 0.6) is 11.5 Å². The van der Waals surface area contributed by atoms with Gasteiger partial charge in [-0.05, 0) is 26.0 Å². The van der Waals surface area contributed by atoms with Crippen LogP contribution in [0.1, 0.15) is 28.6 Å². The molecule has 0 radical (unpaired) electrons. The maximum atomic E-state index is 12.6. The van der Waals surface area contributed by atoms with Crippen molar-refractivity contribution in [1.29, 1.82) is 0 Å². The topological polar surface area (TPSA) is 97.0 Å². The molecule has 0 spiro atoms. The first kappa shape index (κ1) is 18.2. The van der Waals surface area contributed by atoms with E-state index in [2.05, 4.69) is 15.7 Å². The number of aromatic hydroxyl groups is 1. The average Bonchev–Trinajstić information content (AvgIpc) is 3.07. The van der Waals surface area contributed by atoms with Crippen molar-refractivity contribution < 1.29 is 19.2 Å². The Labute approximate surface area is 156 Å². The Balaban J connectivity index is 1.79. The van der Waals surface area contributed by atoms with Crippen molar-refractivity contribution in [1.82, 2.24) is 10.6 Å². The number of phenolic OH excluding ortho intramolecular Hbond substituents is 1. The number of carbonyl (C=O) groups excluding carboxylic acids is 1. The highest BCUT2D eigenvalue weighted by Crippen LogP contribution is 2.28. The molecule has 3 rings (SSSR count). The fraction of sp³-hybridized carbons (Fsp3) is 0.150. The molecule has 0 saturated carbocycles. The summed E-state index contributed by atoms with van der Waals surface area (Å²) in [5, 5.41) is 18.1. The molecule has 2 N–H and O–H groups in total. The van der Waals surface area contributed by atoms with E-state index in [0.717, 1.165) is 5.56 Å². The van der Waals surface area contributed by atoms with E-state index in [0.29, 0.717) is 34.9 Å². The second kappa shape index (κ2) is 8.18. The number of ether oxygens (including phenoxy) is 1. The molecule has 0 aliphatic heterocycles. The summed E-state index contributed by atoms with van der Waals surface area (Å²) in [6.07, 6.45) is 1.35. The zero-order valence-corrected chi connectivity index (χ0v) is 15.0. The number of phenols is 1. The summed E-state index contributed by atoms with van der Waals surface area (Å²) in [5.41, 5.74) is 4.39. The Morgan fingerprint density at radius 2 is 2.04 bits per heavy atom. The molecule has 27 heavy (non-hydrogen) atoms. The van der Waals surface area contributed by atoms with Crippen molar-refractivity contribution >= 4 is 12.1 Å². The van der Waals surface area contributed by atoms with E-state index in [-0.39, 0.29) is 5.75 Å². The van der Waals surface area contributed by atoms with Crippen molar-refractivity contribution in [3.05, 3.63) is 65.4 Å². The zero-order chi connectivity index (χ0) is 19.2. The quantitative estimate of drug-likeness (QED) is 0.515. The predicted molar refractivity (Wildman–Crippen MR) is 101 cm³/mol. The van der Waals surface area contributed by atoms with Crippen LogP contribution >= 0.6 is 0 Å². The molecule has 2 aromatic carbocycles. The van der Waals surface area contributed by atoms with E-state index in [1.165, 1.54) is 6.21 Å². The van der Waals surface area contributed by atoms with Crippen molar-refractivity contribution in [3.8, 4) is 22.8 Å². The highest BCUT2D eigenvalue weighted by molar-refractivity contribution is 6.01. The van der Waals surface area contributed by atoms with Gasteiger partial charge in [0.25, 0.3) is 5.91 Å². The Morgan fingerprint density at radius 1 is 1.26 bits per heavy atom. The number of para-hydroxylation sites is 1. The molecule has 1 aromatic heterocycles. The SMILES string of the molecule is CCOc1cccc(/C=N\NC(=O)c2c(-c3ccccc3)noc2C)c1O. The third-order valence-corrected chi connectivity index (χ3v) is 3.84. The minimum atomic E-state index is -0.454. The van der Waals surface area contributed by atoms with Crippen molar-refractivity contribution in [2.75, 3.05) is 6.61 Å². The normalized spacial score (nSPS) is 10.9. The lowest BCUT2D eigenvalue weighted by molar-refractivity contribution is 0.0954. The second-order valence-electron chi connectivity index (χ2n) is 5.65. The number of amides is 1. The standard InChI is InChI=1S/C20H19N3O4/c1-3-26-16-11-7-10-15(19(16)24)12-21-22-20(25)17-13(2)27-23-18(17)14-8-5-4-6-9-14/h4-12,24H,3H2,1-2H3,(H,22,25)/b21-12-. The first-order valence-corrected chi connectivity index (χ1v) is 8.41. The largest absolute Gasteiger partial charge is 0.504 e. The molecule has 0 fully saturated rings. The second-order valence-corrected chi connectivity index (χ2v) is 5.65. The van der Waals surface area contributed by atoms with Gasteiger partial charge in [0.05, 0.1) is 12.8 Å². The molecule has 0 aliphatic rings. The molecule has 0 aliphatic carbocycles. The molecule has 1 amide bonds. The van der Waals surface area contributed by atoms with E-state index in [9.17, 15) is 9.90 Å². The van der Waals surface area contributed by atoms with Crippen LogP contribution in [-0.2, 0) is 0 Å². The maximum absolute atomic E-state index is 12.6. The number of aryl methyl sites for hydroxylation is 1. The fourth-order valence-corrected chi connectivity index (χ4v) is 2.56. The first-order valence-electron chi connectivity index (χ1n) is 8.41. The highest BCUT2D eigenvalue weighted by atomic mass is 16.5. The van der Waals surface area contributed by atoms with E-state index in [1.54, 1.807) is 25.1 Å². The third kappa shape index (κ3) is 3.98. The summed E-state index contributed by atoms with van der Waals surface area (Å²) in [7, 11) is 0. The predicted octanol–water partition coefficient (Wildman–Crippen LogP) is 3.52. The van der Waals surface area contributed by atoms with Gasteiger partial charge in [-0.15, -0.1) is 0 Å². The Morgan fingerprint density at radius 3 is 2.78 bits per heavy atom. The Bertz CT molecular complexity index is 965. The smallest absolute Gasteiger partial charge is 0.277 e. The van der Waals surface area contributed by atoms with E-state index in [4.69, 9.17) is 9.26 Å². The minimum Gasteiger partial charge on any atom is -0.504 e. The van der Waals surface area contributed by atoms with Crippen molar-refractivity contribution in [2.45, 2.75) is 13.8 Å². The molecular formula is C20H19N3O4. The molecule has 0 unspecified atom stereocenters. The van der Waals surface area contributed by atoms with Crippen molar-refractivity contribution in [2.24, 2.45) is 5.10 Å². The third-order valence-electron chi connectivity index (χ3n) is 3.84. The van der Waals surface area contributed by atoms with Crippen LogP contribution in [0.4, 0.5) is 0 Å². The number of rotatable bonds is 6. The number of aromatic nitrogens is 1. The molecule has 7 heteroatoms. The van der Waals surface area contributed by atoms with Gasteiger partial charge in [-0.1, -0.05) is 41.6 Å². The molecule has 0 saturated heterocycles. The van der Waals surface area contributed by atoms with Gasteiger partial charge in [0, 0.05) is 11.1 Å². The number of nitrogens with one attached hydrogen (secondary N) is 1. The maximum Gasteiger partial charge on any atom is 0.277 e. The zero-order valence-electron chi connectivity index (χ0n) is 15.0. The molecule has 1 heterocycles. The van der Waals surface area contributed by atoms with E-state index < -0.39 is 5.91 Å². The molecule has 3 aromatic rings. The van der Waals surface area contributed by atoms with Crippen LogP contribution in [0.2, 0.25) is 0 Å². The highest BCUT2D eigenvalue weighted by Gasteiger charge is 2.21. The van der Waals surface area contributed by atoms with E-state index in [1.807, 2.05) is 37.3 Å². The number of hydrazone groups is 1. The molecule has 0 bridgehead atoms. The monoisotopic (exact) mass is 365 g/mol. The number of carbonyl (C=O) groups is 1. The minimum absolute atomic E-state index is 0.0384. The summed E-state index contributed by atoms with van der Waals surface area (Å²) in [5.74, 6) is 0.254. The summed E-state index contributed by atoms with van der Waals surface area (Å²) in [6, 6.07) is 14.3. The Kier molecular flexibility index (Phi) is 5.51. The number of nitrogens with zero attached hydrogens (tertiary/aromatic N) is 2. The van der Waals surface area contributed by atoms with Crippen LogP contribution in [0, 0.1) is 6.92 Å². The number of hydrogen-bond acceptors (Lipinski definition) is 6. The van der Waals surface area contributed by atoms with Gasteiger partial charge in [0.1, 0.15) is 17.0 Å². The van der Waals surface area contributed by atoms with Gasteiger partial charge < -0.3 is 14.4 Å². The summed E-state index contributed by atoms with van der Waals surface area (Å²) in [6.45, 7) is 3.92. The lowest BCUT2D eigenvalue weighted by atomic mass is 10.1. The summed E-state index contributed by atoms with van der Waals surface area (Å²) >= 11 is 0. The molecule has 0 atom stereocenters. The summed E-state index contributed by atoms with van der Waals surface area (Å²) < 4.78 is 10.5. The lowest BCUT2D eigenvalue weighted by Crippen LogP contribution is -2.18. The number of benzene rings is 2. The van der Waals surface area contributed by atoms with Gasteiger partial charge >= 0.3 is 0 Å². The van der Waals surface area contributed by atoms with Gasteiger partial charge in [-0.3, -0.25) is 4.79 Å². The molecular weight excluding hydrogens is 346 g/mol. The van der Waals surface area contributed by atoms with Crippen LogP contribution in [0.3, 0.4) is 0 Å². The van der Waals surface area contributed by atoms with Crippen LogP contribution in [-0.4, -0.2) is 29.0 Å². The molecule has 138 valence electrons. The first-order chi connectivity index (χ1) is 13.1. The fourth-order valence-electron chi connectivity index (χ4n) is 2.56.